The molecule has 0 aliphatic carbocycles. The summed E-state index contributed by atoms with van der Waals surface area (Å²) in [7, 11) is 1.41. The summed E-state index contributed by atoms with van der Waals surface area (Å²) in [4.78, 5) is 4.11. The van der Waals surface area contributed by atoms with Crippen molar-refractivity contribution in [2.45, 2.75) is 13.3 Å². The van der Waals surface area contributed by atoms with Crippen LogP contribution in [0.3, 0.4) is 0 Å². The van der Waals surface area contributed by atoms with Gasteiger partial charge in [0, 0.05) is 6.54 Å². The normalized spacial score (nSPS) is 10.7. The summed E-state index contributed by atoms with van der Waals surface area (Å²) in [6, 6.07) is 3.53. The van der Waals surface area contributed by atoms with Crippen molar-refractivity contribution in [3.05, 3.63) is 17.9 Å². The number of nitrogens with one attached hydrogen (secondary N) is 1. The quantitative estimate of drug-likeness (QED) is 0.867. The Hall–Kier alpha value is -1.78. The van der Waals surface area contributed by atoms with Gasteiger partial charge in [-0.15, -0.1) is 0 Å². The first kappa shape index (κ1) is 10.7. The standard InChI is InChI=1S/C11H13FN2O2/c1-3-6-13-11-14-7-4-5-8(15-2)9(12)10(7)16-11/h4-5H,3,6H2,1-2H3,(H,13,14). The topological polar surface area (TPSA) is 47.3 Å². The first-order valence-electron chi connectivity index (χ1n) is 5.13. The average Bonchev–Trinajstić information content (AvgIpc) is 2.71. The van der Waals surface area contributed by atoms with E-state index in [1.807, 2.05) is 6.92 Å². The van der Waals surface area contributed by atoms with Gasteiger partial charge in [0.05, 0.1) is 7.11 Å². The molecule has 86 valence electrons. The molecule has 1 N–H and O–H groups in total. The highest BCUT2D eigenvalue weighted by Crippen LogP contribution is 2.28. The van der Waals surface area contributed by atoms with Gasteiger partial charge >= 0.3 is 0 Å². The maximum atomic E-state index is 13.7. The fourth-order valence-corrected chi connectivity index (χ4v) is 1.41. The Bertz CT molecular complexity index is 496. The Kier molecular flexibility index (Phi) is 2.94. The largest absolute Gasteiger partial charge is 0.494 e. The van der Waals surface area contributed by atoms with E-state index in [4.69, 9.17) is 9.15 Å². The number of rotatable bonds is 4. The van der Waals surface area contributed by atoms with Crippen LogP contribution >= 0.6 is 0 Å². The number of anilines is 1. The highest BCUT2D eigenvalue weighted by molar-refractivity contribution is 5.77. The van der Waals surface area contributed by atoms with Crippen molar-refractivity contribution in [3.63, 3.8) is 0 Å². The lowest BCUT2D eigenvalue weighted by Gasteiger charge is -1.99. The van der Waals surface area contributed by atoms with Gasteiger partial charge in [-0.05, 0) is 18.6 Å². The van der Waals surface area contributed by atoms with Gasteiger partial charge in [0.1, 0.15) is 5.52 Å². The van der Waals surface area contributed by atoms with Gasteiger partial charge in [0.15, 0.2) is 11.3 Å². The number of ether oxygens (including phenoxy) is 1. The van der Waals surface area contributed by atoms with Crippen molar-refractivity contribution in [1.29, 1.82) is 0 Å². The van der Waals surface area contributed by atoms with Crippen LogP contribution in [0, 0.1) is 5.82 Å². The second kappa shape index (κ2) is 4.38. The summed E-state index contributed by atoms with van der Waals surface area (Å²) in [6.07, 6.45) is 0.949. The van der Waals surface area contributed by atoms with Crippen LogP contribution in [-0.4, -0.2) is 18.6 Å². The van der Waals surface area contributed by atoms with Gasteiger partial charge in [-0.2, -0.15) is 9.37 Å². The van der Waals surface area contributed by atoms with E-state index in [2.05, 4.69) is 10.3 Å². The van der Waals surface area contributed by atoms with Gasteiger partial charge in [0.2, 0.25) is 5.82 Å². The third-order valence-corrected chi connectivity index (χ3v) is 2.21. The van der Waals surface area contributed by atoms with Crippen LogP contribution in [0.15, 0.2) is 16.5 Å². The molecular weight excluding hydrogens is 211 g/mol. The first-order valence-corrected chi connectivity index (χ1v) is 5.13. The predicted molar refractivity (Wildman–Crippen MR) is 59.3 cm³/mol. The Morgan fingerprint density at radius 1 is 1.50 bits per heavy atom. The third kappa shape index (κ3) is 1.80. The van der Waals surface area contributed by atoms with E-state index in [1.165, 1.54) is 13.2 Å². The molecule has 16 heavy (non-hydrogen) atoms. The molecule has 0 aliphatic heterocycles. The maximum Gasteiger partial charge on any atom is 0.295 e. The number of hydrogen-bond donors (Lipinski definition) is 1. The van der Waals surface area contributed by atoms with Crippen molar-refractivity contribution in [2.75, 3.05) is 19.0 Å². The van der Waals surface area contributed by atoms with Crippen molar-refractivity contribution in [3.8, 4) is 5.75 Å². The summed E-state index contributed by atoms with van der Waals surface area (Å²) < 4.78 is 23.8. The van der Waals surface area contributed by atoms with Crippen molar-refractivity contribution in [1.82, 2.24) is 4.98 Å². The molecule has 0 bridgehead atoms. The summed E-state index contributed by atoms with van der Waals surface area (Å²) in [5.41, 5.74) is 0.606. The lowest BCUT2D eigenvalue weighted by atomic mass is 10.3. The summed E-state index contributed by atoms with van der Waals surface area (Å²) in [5, 5.41) is 2.96. The molecule has 0 aliphatic rings. The fourth-order valence-electron chi connectivity index (χ4n) is 1.41. The number of nitrogens with zero attached hydrogens (tertiary/aromatic N) is 1. The number of benzene rings is 1. The maximum absolute atomic E-state index is 13.7. The van der Waals surface area contributed by atoms with Crippen molar-refractivity contribution >= 4 is 17.1 Å². The molecule has 2 rings (SSSR count). The van der Waals surface area contributed by atoms with E-state index in [9.17, 15) is 4.39 Å². The minimum atomic E-state index is -0.517. The van der Waals surface area contributed by atoms with Gasteiger partial charge in [-0.25, -0.2) is 0 Å². The van der Waals surface area contributed by atoms with E-state index < -0.39 is 5.82 Å². The van der Waals surface area contributed by atoms with Crippen LogP contribution < -0.4 is 10.1 Å². The van der Waals surface area contributed by atoms with Gasteiger partial charge in [-0.1, -0.05) is 6.92 Å². The van der Waals surface area contributed by atoms with E-state index in [0.717, 1.165) is 13.0 Å². The molecule has 1 aromatic heterocycles. The minimum Gasteiger partial charge on any atom is -0.494 e. The molecule has 0 saturated heterocycles. The van der Waals surface area contributed by atoms with E-state index in [1.54, 1.807) is 6.07 Å². The molecule has 0 unspecified atom stereocenters. The van der Waals surface area contributed by atoms with Crippen LogP contribution in [0.25, 0.3) is 11.1 Å². The lowest BCUT2D eigenvalue weighted by Crippen LogP contribution is -1.98. The minimum absolute atomic E-state index is 0.123. The Balaban J connectivity index is 2.41. The highest BCUT2D eigenvalue weighted by Gasteiger charge is 2.14. The van der Waals surface area contributed by atoms with Crippen LogP contribution in [0.5, 0.6) is 5.75 Å². The van der Waals surface area contributed by atoms with E-state index in [-0.39, 0.29) is 11.3 Å². The number of oxazole rings is 1. The van der Waals surface area contributed by atoms with Gasteiger partial charge < -0.3 is 14.5 Å². The van der Waals surface area contributed by atoms with Crippen LogP contribution in [-0.2, 0) is 0 Å². The molecule has 0 fully saturated rings. The molecular formula is C11H13FN2O2. The molecule has 5 heteroatoms. The smallest absolute Gasteiger partial charge is 0.295 e. The van der Waals surface area contributed by atoms with E-state index >= 15 is 0 Å². The molecule has 0 radical (unpaired) electrons. The number of methoxy groups -OCH3 is 1. The molecule has 0 amide bonds. The zero-order chi connectivity index (χ0) is 11.5. The molecule has 0 saturated carbocycles. The molecule has 1 heterocycles. The van der Waals surface area contributed by atoms with E-state index in [0.29, 0.717) is 11.5 Å². The summed E-state index contributed by atoms with van der Waals surface area (Å²) in [6.45, 7) is 2.77. The Morgan fingerprint density at radius 3 is 3.00 bits per heavy atom. The Morgan fingerprint density at radius 2 is 2.31 bits per heavy atom. The van der Waals surface area contributed by atoms with Crippen LogP contribution in [0.2, 0.25) is 0 Å². The molecule has 0 spiro atoms. The monoisotopic (exact) mass is 224 g/mol. The van der Waals surface area contributed by atoms with Crippen molar-refractivity contribution in [2.24, 2.45) is 0 Å². The second-order valence-corrected chi connectivity index (χ2v) is 3.38. The lowest BCUT2D eigenvalue weighted by molar-refractivity contribution is 0.385. The number of halogens is 1. The first-order chi connectivity index (χ1) is 7.76. The van der Waals surface area contributed by atoms with Crippen molar-refractivity contribution < 1.29 is 13.5 Å². The van der Waals surface area contributed by atoms with Crippen LogP contribution in [0.1, 0.15) is 13.3 Å². The number of fused-ring (bicyclic) bond motifs is 1. The molecule has 1 aromatic carbocycles. The third-order valence-electron chi connectivity index (χ3n) is 2.21. The van der Waals surface area contributed by atoms with Gasteiger partial charge in [-0.3, -0.25) is 0 Å². The summed E-state index contributed by atoms with van der Waals surface area (Å²) >= 11 is 0. The molecule has 2 aromatic rings. The highest BCUT2D eigenvalue weighted by atomic mass is 19.1. The number of aromatic nitrogens is 1. The second-order valence-electron chi connectivity index (χ2n) is 3.38. The van der Waals surface area contributed by atoms with Crippen LogP contribution in [0.4, 0.5) is 10.4 Å². The zero-order valence-electron chi connectivity index (χ0n) is 9.21. The fraction of sp³-hybridized carbons (Fsp3) is 0.364. The number of hydrogen-bond acceptors (Lipinski definition) is 4. The van der Waals surface area contributed by atoms with Gasteiger partial charge in [0.25, 0.3) is 6.01 Å². The average molecular weight is 224 g/mol. The zero-order valence-corrected chi connectivity index (χ0v) is 9.21. The SMILES string of the molecule is CCCNc1nc2ccc(OC)c(F)c2o1. The predicted octanol–water partition coefficient (Wildman–Crippen LogP) is 2.80. The molecule has 0 atom stereocenters. The summed E-state index contributed by atoms with van der Waals surface area (Å²) in [5.74, 6) is -0.359. The molecule has 4 nitrogen and oxygen atoms in total. The Labute approximate surface area is 92.4 Å².